The van der Waals surface area contributed by atoms with Gasteiger partial charge < -0.3 is 0 Å². The molecule has 0 spiro atoms. The molecule has 0 N–H and O–H groups in total. The molecule has 4 heteroatoms. The van der Waals surface area contributed by atoms with Gasteiger partial charge in [0.2, 0.25) is 11.8 Å². The maximum Gasteiger partial charge on any atom is 0.242 e. The molecule has 1 aliphatic rings. The van der Waals surface area contributed by atoms with Crippen LogP contribution in [0.25, 0.3) is 0 Å². The van der Waals surface area contributed by atoms with Crippen LogP contribution < -0.4 is 0 Å². The fourth-order valence-corrected chi connectivity index (χ4v) is 1.81. The predicted molar refractivity (Wildman–Crippen MR) is 49.4 cm³/mol. The normalized spacial score (nSPS) is 24.9. The first-order valence-electron chi connectivity index (χ1n) is 3.65. The summed E-state index contributed by atoms with van der Waals surface area (Å²) in [5.74, 6) is -0.0336. The van der Waals surface area contributed by atoms with Crippen LogP contribution >= 0.6 is 22.6 Å². The average Bonchev–Trinajstić information content (AvgIpc) is 2.17. The van der Waals surface area contributed by atoms with Gasteiger partial charge in [-0.3, -0.25) is 14.5 Å². The maximum atomic E-state index is 11.2. The molecule has 11 heavy (non-hydrogen) atoms. The predicted octanol–water partition coefficient (Wildman–Crippen LogP) is 0.959. The Kier molecular flexibility index (Phi) is 2.86. The molecule has 0 bridgehead atoms. The summed E-state index contributed by atoms with van der Waals surface area (Å²) in [4.78, 5) is 23.6. The Balaban J connectivity index is 2.64. The van der Waals surface area contributed by atoms with Gasteiger partial charge in [0.25, 0.3) is 0 Å². The summed E-state index contributed by atoms with van der Waals surface area (Å²) in [6, 6.07) is 0. The van der Waals surface area contributed by atoms with Crippen molar-refractivity contribution in [2.45, 2.75) is 23.7 Å². The minimum atomic E-state index is -0.119. The van der Waals surface area contributed by atoms with Gasteiger partial charge in [-0.25, -0.2) is 0 Å². The number of rotatable bonds is 2. The van der Waals surface area contributed by atoms with E-state index in [9.17, 15) is 9.59 Å². The van der Waals surface area contributed by atoms with E-state index in [1.54, 1.807) is 0 Å². The first kappa shape index (κ1) is 8.96. The van der Waals surface area contributed by atoms with Crippen LogP contribution in [0.3, 0.4) is 0 Å². The molecule has 2 amide bonds. The van der Waals surface area contributed by atoms with Crippen molar-refractivity contribution < 1.29 is 9.59 Å². The van der Waals surface area contributed by atoms with E-state index in [0.717, 1.165) is 6.42 Å². The lowest BCUT2D eigenvalue weighted by atomic mass is 10.4. The Morgan fingerprint density at radius 3 is 2.64 bits per heavy atom. The summed E-state index contributed by atoms with van der Waals surface area (Å²) >= 11 is 2.02. The van der Waals surface area contributed by atoms with Gasteiger partial charge in [0, 0.05) is 13.0 Å². The molecule has 0 aromatic heterocycles. The minimum absolute atomic E-state index is 0.0162. The molecule has 1 aliphatic heterocycles. The van der Waals surface area contributed by atoms with E-state index in [2.05, 4.69) is 0 Å². The number of nitrogens with zero attached hydrogens (tertiary/aromatic N) is 1. The highest BCUT2D eigenvalue weighted by Gasteiger charge is 2.35. The van der Waals surface area contributed by atoms with E-state index < -0.39 is 0 Å². The zero-order valence-electron chi connectivity index (χ0n) is 6.34. The van der Waals surface area contributed by atoms with Crippen molar-refractivity contribution in [1.29, 1.82) is 0 Å². The molecule has 3 nitrogen and oxygen atoms in total. The number of likely N-dealkylation sites (tertiary alicyclic amines) is 1. The highest BCUT2D eigenvalue weighted by Crippen LogP contribution is 2.20. The number of alkyl halides is 1. The van der Waals surface area contributed by atoms with Crippen LogP contribution in [0.5, 0.6) is 0 Å². The fourth-order valence-electron chi connectivity index (χ4n) is 1.10. The molecule has 0 saturated carbocycles. The zero-order chi connectivity index (χ0) is 8.43. The molecule has 1 unspecified atom stereocenters. The molecule has 1 rings (SSSR count). The largest absolute Gasteiger partial charge is 0.282 e. The highest BCUT2D eigenvalue weighted by molar-refractivity contribution is 14.1. The Hall–Kier alpha value is -0.130. The van der Waals surface area contributed by atoms with Crippen LogP contribution in [-0.4, -0.2) is 27.2 Å². The van der Waals surface area contributed by atoms with Crippen LogP contribution in [-0.2, 0) is 9.59 Å². The fraction of sp³-hybridized carbons (Fsp3) is 0.714. The Morgan fingerprint density at radius 1 is 1.64 bits per heavy atom. The second kappa shape index (κ2) is 3.51. The van der Waals surface area contributed by atoms with Gasteiger partial charge in [-0.2, -0.15) is 0 Å². The lowest BCUT2D eigenvalue weighted by Gasteiger charge is -2.11. The molecule has 1 fully saturated rings. The summed E-state index contributed by atoms with van der Waals surface area (Å²) in [6.07, 6.45) is 1.24. The summed E-state index contributed by atoms with van der Waals surface area (Å²) in [5.41, 5.74) is 0. The monoisotopic (exact) mass is 267 g/mol. The van der Waals surface area contributed by atoms with Gasteiger partial charge in [0.15, 0.2) is 0 Å². The number of halogens is 1. The van der Waals surface area contributed by atoms with E-state index in [4.69, 9.17) is 0 Å². The second-order valence-electron chi connectivity index (χ2n) is 2.56. The lowest BCUT2D eigenvalue weighted by molar-refractivity contribution is -0.138. The van der Waals surface area contributed by atoms with Gasteiger partial charge in [-0.1, -0.05) is 29.5 Å². The van der Waals surface area contributed by atoms with E-state index in [1.165, 1.54) is 4.90 Å². The summed E-state index contributed by atoms with van der Waals surface area (Å²) in [7, 11) is 0. The number of hydrogen-bond acceptors (Lipinski definition) is 2. The quantitative estimate of drug-likeness (QED) is 0.424. The number of carbonyl (C=O) groups excluding carboxylic acids is 2. The van der Waals surface area contributed by atoms with Crippen LogP contribution in [0.15, 0.2) is 0 Å². The Bertz CT molecular complexity index is 193. The Labute approximate surface area is 79.3 Å². The molecular weight excluding hydrogens is 257 g/mol. The minimum Gasteiger partial charge on any atom is -0.282 e. The van der Waals surface area contributed by atoms with Crippen molar-refractivity contribution >= 4 is 34.4 Å². The molecule has 1 heterocycles. The third-order valence-electron chi connectivity index (χ3n) is 1.64. The average molecular weight is 267 g/mol. The first-order valence-corrected chi connectivity index (χ1v) is 4.89. The summed E-state index contributed by atoms with van der Waals surface area (Å²) in [5, 5.41) is 0. The van der Waals surface area contributed by atoms with Crippen molar-refractivity contribution in [1.82, 2.24) is 4.90 Å². The third-order valence-corrected chi connectivity index (χ3v) is 2.61. The van der Waals surface area contributed by atoms with Crippen molar-refractivity contribution in [3.63, 3.8) is 0 Å². The van der Waals surface area contributed by atoms with Gasteiger partial charge >= 0.3 is 0 Å². The van der Waals surface area contributed by atoms with Crippen molar-refractivity contribution in [2.75, 3.05) is 6.54 Å². The van der Waals surface area contributed by atoms with E-state index in [-0.39, 0.29) is 15.7 Å². The molecule has 1 saturated heterocycles. The van der Waals surface area contributed by atoms with Gasteiger partial charge in [-0.05, 0) is 6.42 Å². The zero-order valence-corrected chi connectivity index (χ0v) is 8.50. The molecule has 0 aliphatic carbocycles. The first-order chi connectivity index (χ1) is 5.16. The molecular formula is C7H10INO2. The van der Waals surface area contributed by atoms with Crippen LogP contribution in [0, 0.1) is 0 Å². The second-order valence-corrected chi connectivity index (χ2v) is 4.06. The van der Waals surface area contributed by atoms with E-state index in [1.807, 2.05) is 29.5 Å². The standard InChI is InChI=1S/C7H10INO2/c1-2-3-9-6(10)4-5(8)7(9)11/h5H,2-4H2,1H3. The molecule has 0 aromatic rings. The number of hydrogen-bond donors (Lipinski definition) is 0. The van der Waals surface area contributed by atoms with Crippen molar-refractivity contribution in [3.05, 3.63) is 0 Å². The smallest absolute Gasteiger partial charge is 0.242 e. The van der Waals surface area contributed by atoms with Gasteiger partial charge in [0.05, 0.1) is 3.92 Å². The number of amides is 2. The van der Waals surface area contributed by atoms with Crippen LogP contribution in [0.2, 0.25) is 0 Å². The van der Waals surface area contributed by atoms with Crippen LogP contribution in [0.1, 0.15) is 19.8 Å². The molecule has 62 valence electrons. The third kappa shape index (κ3) is 1.72. The highest BCUT2D eigenvalue weighted by atomic mass is 127. The van der Waals surface area contributed by atoms with Crippen molar-refractivity contribution in [2.24, 2.45) is 0 Å². The maximum absolute atomic E-state index is 11.2. The molecule has 1 atom stereocenters. The molecule has 0 radical (unpaired) electrons. The number of imide groups is 1. The summed E-state index contributed by atoms with van der Waals surface area (Å²) < 4.78 is -0.119. The lowest BCUT2D eigenvalue weighted by Crippen LogP contribution is -2.31. The van der Waals surface area contributed by atoms with E-state index in [0.29, 0.717) is 13.0 Å². The van der Waals surface area contributed by atoms with Crippen molar-refractivity contribution in [3.8, 4) is 0 Å². The van der Waals surface area contributed by atoms with Gasteiger partial charge in [-0.15, -0.1) is 0 Å². The van der Waals surface area contributed by atoms with E-state index >= 15 is 0 Å². The van der Waals surface area contributed by atoms with Crippen LogP contribution in [0.4, 0.5) is 0 Å². The molecule has 0 aromatic carbocycles. The summed E-state index contributed by atoms with van der Waals surface area (Å²) in [6.45, 7) is 2.54. The SMILES string of the molecule is CCCN1C(=O)CC(I)C1=O. The Morgan fingerprint density at radius 2 is 2.27 bits per heavy atom. The topological polar surface area (TPSA) is 37.4 Å². The van der Waals surface area contributed by atoms with Gasteiger partial charge in [0.1, 0.15) is 0 Å². The number of carbonyl (C=O) groups is 2.